The van der Waals surface area contributed by atoms with Gasteiger partial charge in [-0.1, -0.05) is 26.7 Å². The zero-order valence-electron chi connectivity index (χ0n) is 11.8. The van der Waals surface area contributed by atoms with Gasteiger partial charge in [0.05, 0.1) is 6.10 Å². The number of hydrogen-bond acceptors (Lipinski definition) is 3. The van der Waals surface area contributed by atoms with E-state index < -0.39 is 6.10 Å². The van der Waals surface area contributed by atoms with E-state index in [-0.39, 0.29) is 18.5 Å². The Kier molecular flexibility index (Phi) is 6.29. The van der Waals surface area contributed by atoms with Gasteiger partial charge in [-0.2, -0.15) is 0 Å². The molecule has 3 N–H and O–H groups in total. The SMILES string of the molecule is CCC(CC)C(O)CNC(=O)Nc1ccncc1C. The topological polar surface area (TPSA) is 74.2 Å². The third-order valence-electron chi connectivity index (χ3n) is 3.33. The zero-order chi connectivity index (χ0) is 14.3. The van der Waals surface area contributed by atoms with E-state index in [0.29, 0.717) is 0 Å². The van der Waals surface area contributed by atoms with Crippen LogP contribution in [0.5, 0.6) is 0 Å². The first-order valence-corrected chi connectivity index (χ1v) is 6.72. The molecule has 1 aromatic heterocycles. The van der Waals surface area contributed by atoms with Gasteiger partial charge >= 0.3 is 6.03 Å². The van der Waals surface area contributed by atoms with E-state index in [0.717, 1.165) is 24.1 Å². The van der Waals surface area contributed by atoms with Crippen molar-refractivity contribution in [3.63, 3.8) is 0 Å². The number of aliphatic hydroxyl groups excluding tert-OH is 1. The monoisotopic (exact) mass is 265 g/mol. The molecule has 1 heterocycles. The van der Waals surface area contributed by atoms with Gasteiger partial charge in [-0.15, -0.1) is 0 Å². The molecule has 1 unspecified atom stereocenters. The number of anilines is 1. The molecule has 0 fully saturated rings. The van der Waals surface area contributed by atoms with Gasteiger partial charge in [-0.25, -0.2) is 4.79 Å². The van der Waals surface area contributed by atoms with Crippen molar-refractivity contribution in [2.75, 3.05) is 11.9 Å². The third-order valence-corrected chi connectivity index (χ3v) is 3.33. The molecule has 1 rings (SSSR count). The first-order valence-electron chi connectivity index (χ1n) is 6.72. The van der Waals surface area contributed by atoms with Crippen LogP contribution in [0.1, 0.15) is 32.3 Å². The lowest BCUT2D eigenvalue weighted by Gasteiger charge is -2.20. The number of urea groups is 1. The zero-order valence-corrected chi connectivity index (χ0v) is 11.8. The molecular weight excluding hydrogens is 242 g/mol. The fourth-order valence-electron chi connectivity index (χ4n) is 1.98. The molecule has 1 atom stereocenters. The summed E-state index contributed by atoms with van der Waals surface area (Å²) in [5.41, 5.74) is 1.63. The standard InChI is InChI=1S/C14H23N3O2/c1-4-11(5-2)13(18)9-16-14(19)17-12-6-7-15-8-10(12)3/h6-8,11,13,18H,4-5,9H2,1-3H3,(H2,15,16,17,19). The molecule has 0 aliphatic carbocycles. The number of aryl methyl sites for hydroxylation is 1. The van der Waals surface area contributed by atoms with E-state index in [2.05, 4.69) is 15.6 Å². The van der Waals surface area contributed by atoms with Crippen molar-refractivity contribution in [3.8, 4) is 0 Å². The second kappa shape index (κ2) is 7.74. The molecule has 0 saturated heterocycles. The number of rotatable bonds is 6. The molecule has 0 bridgehead atoms. The van der Waals surface area contributed by atoms with Crippen molar-refractivity contribution in [2.24, 2.45) is 5.92 Å². The number of nitrogens with zero attached hydrogens (tertiary/aromatic N) is 1. The van der Waals surface area contributed by atoms with Crippen molar-refractivity contribution in [1.29, 1.82) is 0 Å². The van der Waals surface area contributed by atoms with Gasteiger partial charge in [-0.05, 0) is 24.5 Å². The summed E-state index contributed by atoms with van der Waals surface area (Å²) in [6.07, 6.45) is 4.63. The fourth-order valence-corrected chi connectivity index (χ4v) is 1.98. The molecule has 0 aliphatic heterocycles. The van der Waals surface area contributed by atoms with E-state index in [4.69, 9.17) is 0 Å². The number of amides is 2. The Bertz CT molecular complexity index is 405. The second-order valence-electron chi connectivity index (χ2n) is 4.67. The summed E-state index contributed by atoms with van der Waals surface area (Å²) in [5.74, 6) is 0.225. The molecular formula is C14H23N3O2. The summed E-state index contributed by atoms with van der Waals surface area (Å²) in [6.45, 7) is 6.22. The first-order chi connectivity index (χ1) is 9.08. The molecule has 1 aromatic rings. The number of pyridine rings is 1. The highest BCUT2D eigenvalue weighted by atomic mass is 16.3. The normalized spacial score (nSPS) is 12.3. The lowest BCUT2D eigenvalue weighted by atomic mass is 9.97. The molecule has 0 spiro atoms. The van der Waals surface area contributed by atoms with Crippen LogP contribution in [-0.2, 0) is 0 Å². The van der Waals surface area contributed by atoms with Crippen molar-refractivity contribution < 1.29 is 9.90 Å². The molecule has 5 nitrogen and oxygen atoms in total. The molecule has 0 saturated carbocycles. The van der Waals surface area contributed by atoms with Crippen LogP contribution < -0.4 is 10.6 Å². The minimum atomic E-state index is -0.501. The van der Waals surface area contributed by atoms with Crippen LogP contribution >= 0.6 is 0 Å². The predicted molar refractivity (Wildman–Crippen MR) is 76.1 cm³/mol. The van der Waals surface area contributed by atoms with Crippen LogP contribution in [0.25, 0.3) is 0 Å². The van der Waals surface area contributed by atoms with Gasteiger partial charge < -0.3 is 15.7 Å². The summed E-state index contributed by atoms with van der Waals surface area (Å²) in [7, 11) is 0. The Labute approximate surface area is 114 Å². The minimum Gasteiger partial charge on any atom is -0.391 e. The maximum absolute atomic E-state index is 11.7. The Morgan fingerprint density at radius 2 is 2.11 bits per heavy atom. The maximum Gasteiger partial charge on any atom is 0.319 e. The van der Waals surface area contributed by atoms with Crippen molar-refractivity contribution in [2.45, 2.75) is 39.7 Å². The van der Waals surface area contributed by atoms with Gasteiger partial charge in [0.25, 0.3) is 0 Å². The van der Waals surface area contributed by atoms with E-state index >= 15 is 0 Å². The summed E-state index contributed by atoms with van der Waals surface area (Å²) >= 11 is 0. The summed E-state index contributed by atoms with van der Waals surface area (Å²) < 4.78 is 0. The summed E-state index contributed by atoms with van der Waals surface area (Å²) in [6, 6.07) is 1.44. The van der Waals surface area contributed by atoms with E-state index in [9.17, 15) is 9.90 Å². The Hall–Kier alpha value is -1.62. The molecule has 19 heavy (non-hydrogen) atoms. The molecule has 0 radical (unpaired) electrons. The minimum absolute atomic E-state index is 0.225. The molecule has 0 aromatic carbocycles. The first kappa shape index (κ1) is 15.4. The molecule has 0 aliphatic rings. The van der Waals surface area contributed by atoms with Crippen molar-refractivity contribution in [1.82, 2.24) is 10.3 Å². The van der Waals surface area contributed by atoms with Gasteiger partial charge in [0.1, 0.15) is 0 Å². The van der Waals surface area contributed by atoms with Gasteiger partial charge in [0.2, 0.25) is 0 Å². The van der Waals surface area contributed by atoms with E-state index in [1.165, 1.54) is 0 Å². The largest absolute Gasteiger partial charge is 0.391 e. The Morgan fingerprint density at radius 1 is 1.42 bits per heavy atom. The van der Waals surface area contributed by atoms with E-state index in [1.54, 1.807) is 18.5 Å². The van der Waals surface area contributed by atoms with Gasteiger partial charge in [0, 0.05) is 24.6 Å². The summed E-state index contributed by atoms with van der Waals surface area (Å²) in [5, 5.41) is 15.4. The lowest BCUT2D eigenvalue weighted by Crippen LogP contribution is -2.38. The van der Waals surface area contributed by atoms with Crippen LogP contribution in [0, 0.1) is 12.8 Å². The maximum atomic E-state index is 11.7. The molecule has 106 valence electrons. The highest BCUT2D eigenvalue weighted by Gasteiger charge is 2.16. The van der Waals surface area contributed by atoms with Gasteiger partial charge in [-0.3, -0.25) is 4.98 Å². The number of carbonyl (C=O) groups is 1. The van der Waals surface area contributed by atoms with E-state index in [1.807, 2.05) is 20.8 Å². The molecule has 5 heteroatoms. The van der Waals surface area contributed by atoms with Crippen molar-refractivity contribution in [3.05, 3.63) is 24.0 Å². The highest BCUT2D eigenvalue weighted by molar-refractivity contribution is 5.89. The van der Waals surface area contributed by atoms with Crippen molar-refractivity contribution >= 4 is 11.7 Å². The quantitative estimate of drug-likeness (QED) is 0.739. The highest BCUT2D eigenvalue weighted by Crippen LogP contribution is 2.13. The number of aromatic nitrogens is 1. The fraction of sp³-hybridized carbons (Fsp3) is 0.571. The van der Waals surface area contributed by atoms with Crippen LogP contribution in [0.3, 0.4) is 0 Å². The van der Waals surface area contributed by atoms with Gasteiger partial charge in [0.15, 0.2) is 0 Å². The average Bonchev–Trinajstić information content (AvgIpc) is 2.40. The smallest absolute Gasteiger partial charge is 0.319 e. The number of nitrogens with one attached hydrogen (secondary N) is 2. The third kappa shape index (κ3) is 4.87. The second-order valence-corrected chi connectivity index (χ2v) is 4.67. The molecule has 2 amide bonds. The Morgan fingerprint density at radius 3 is 2.68 bits per heavy atom. The number of aliphatic hydroxyl groups is 1. The number of hydrogen-bond donors (Lipinski definition) is 3. The number of carbonyl (C=O) groups excluding carboxylic acids is 1. The van der Waals surface area contributed by atoms with Crippen LogP contribution in [0.2, 0.25) is 0 Å². The van der Waals surface area contributed by atoms with Crippen LogP contribution in [0.4, 0.5) is 10.5 Å². The lowest BCUT2D eigenvalue weighted by molar-refractivity contribution is 0.104. The Balaban J connectivity index is 2.42. The van der Waals surface area contributed by atoms with Crippen LogP contribution in [0.15, 0.2) is 18.5 Å². The summed E-state index contributed by atoms with van der Waals surface area (Å²) in [4.78, 5) is 15.7. The predicted octanol–water partition coefficient (Wildman–Crippen LogP) is 2.31. The van der Waals surface area contributed by atoms with Crippen LogP contribution in [-0.4, -0.2) is 28.8 Å². The average molecular weight is 265 g/mol.